The molecule has 0 spiro atoms. The third-order valence-electron chi connectivity index (χ3n) is 6.19. The Morgan fingerprint density at radius 3 is 2.89 bits per heavy atom. The Hall–Kier alpha value is -4.74. The van der Waals surface area contributed by atoms with Crippen molar-refractivity contribution >= 4 is 39.7 Å². The fraction of sp³-hybridized carbons (Fsp3) is 0.217. The molecule has 0 atom stereocenters. The Kier molecular flexibility index (Phi) is 5.09. The Morgan fingerprint density at radius 2 is 2.00 bits per heavy atom. The molecule has 3 N–H and O–H groups in total. The number of aromatic amines is 2. The molecular weight excluding hydrogens is 450 g/mol. The van der Waals surface area contributed by atoms with Crippen molar-refractivity contribution in [2.45, 2.75) is 18.9 Å². The average molecular weight is 471 g/mol. The van der Waals surface area contributed by atoms with Crippen LogP contribution in [0.25, 0.3) is 22.1 Å². The zero-order valence-electron chi connectivity index (χ0n) is 18.5. The molecule has 1 aromatic carbocycles. The summed E-state index contributed by atoms with van der Waals surface area (Å²) in [5.41, 5.74) is 2.65. The summed E-state index contributed by atoms with van der Waals surface area (Å²) in [5.74, 6) is 0.805. The molecule has 0 bridgehead atoms. The van der Waals surface area contributed by atoms with E-state index in [4.69, 9.17) is 4.74 Å². The molecule has 5 aromatic rings. The summed E-state index contributed by atoms with van der Waals surface area (Å²) < 4.78 is 7.20. The van der Waals surface area contributed by atoms with E-state index in [1.807, 2.05) is 24.3 Å². The zero-order valence-corrected chi connectivity index (χ0v) is 18.5. The van der Waals surface area contributed by atoms with E-state index in [9.17, 15) is 9.59 Å². The van der Waals surface area contributed by atoms with Gasteiger partial charge in [0.15, 0.2) is 5.65 Å². The van der Waals surface area contributed by atoms with Gasteiger partial charge in [-0.1, -0.05) is 6.07 Å². The maximum Gasteiger partial charge on any atom is 0.418 e. The lowest BCUT2D eigenvalue weighted by Crippen LogP contribution is -2.37. The summed E-state index contributed by atoms with van der Waals surface area (Å²) in [6.07, 6.45) is 5.54. The van der Waals surface area contributed by atoms with Crippen molar-refractivity contribution in [3.8, 4) is 5.88 Å². The molecule has 1 fully saturated rings. The summed E-state index contributed by atoms with van der Waals surface area (Å²) in [4.78, 5) is 42.5. The normalized spacial score (nSPS) is 14.5. The molecule has 1 aliphatic rings. The number of amides is 1. The Balaban J connectivity index is 1.13. The van der Waals surface area contributed by atoms with Crippen LogP contribution in [-0.2, 0) is 0 Å². The van der Waals surface area contributed by atoms with Crippen molar-refractivity contribution in [2.75, 3.05) is 23.3 Å². The van der Waals surface area contributed by atoms with Gasteiger partial charge in [-0.15, -0.1) is 0 Å². The number of imidazole rings is 1. The van der Waals surface area contributed by atoms with Crippen LogP contribution >= 0.6 is 0 Å². The summed E-state index contributed by atoms with van der Waals surface area (Å²) >= 11 is 0. The first-order chi connectivity index (χ1) is 17.2. The van der Waals surface area contributed by atoms with Crippen molar-refractivity contribution in [1.82, 2.24) is 34.7 Å². The highest BCUT2D eigenvalue weighted by Gasteiger charge is 2.25. The van der Waals surface area contributed by atoms with Crippen LogP contribution in [0, 0.1) is 0 Å². The predicted molar refractivity (Wildman–Crippen MR) is 129 cm³/mol. The van der Waals surface area contributed by atoms with E-state index >= 15 is 0 Å². The number of rotatable bonds is 4. The molecule has 12 heteroatoms. The number of hydrogen-bond donors (Lipinski definition) is 3. The van der Waals surface area contributed by atoms with Crippen LogP contribution < -0.4 is 20.6 Å². The number of aromatic nitrogens is 7. The van der Waals surface area contributed by atoms with Gasteiger partial charge in [0, 0.05) is 36.8 Å². The number of nitrogens with zero attached hydrogens (tertiary/aromatic N) is 6. The van der Waals surface area contributed by atoms with Crippen LogP contribution in [0.5, 0.6) is 5.88 Å². The Morgan fingerprint density at radius 1 is 1.11 bits per heavy atom. The second kappa shape index (κ2) is 8.56. The highest BCUT2D eigenvalue weighted by atomic mass is 16.6. The number of fused-ring (bicyclic) bond motifs is 2. The molecule has 0 radical (unpaired) electrons. The first-order valence-corrected chi connectivity index (χ1v) is 11.2. The molecule has 0 aliphatic carbocycles. The highest BCUT2D eigenvalue weighted by molar-refractivity contribution is 5.98. The highest BCUT2D eigenvalue weighted by Crippen LogP contribution is 2.28. The first-order valence-electron chi connectivity index (χ1n) is 11.2. The smallest absolute Gasteiger partial charge is 0.391 e. The van der Waals surface area contributed by atoms with Crippen molar-refractivity contribution in [3.05, 3.63) is 65.6 Å². The van der Waals surface area contributed by atoms with E-state index < -0.39 is 6.09 Å². The van der Waals surface area contributed by atoms with Crippen molar-refractivity contribution in [1.29, 1.82) is 0 Å². The monoisotopic (exact) mass is 471 g/mol. The van der Waals surface area contributed by atoms with E-state index in [0.29, 0.717) is 30.2 Å². The first kappa shape index (κ1) is 20.8. The quantitative estimate of drug-likeness (QED) is 0.363. The lowest BCUT2D eigenvalue weighted by atomic mass is 10.0. The lowest BCUT2D eigenvalue weighted by molar-refractivity contribution is 0.213. The zero-order chi connectivity index (χ0) is 23.8. The molecule has 4 aromatic heterocycles. The largest absolute Gasteiger partial charge is 0.418 e. The SMILES string of the molecule is O=C(Nc1cccc2[nH]ncc12)Oc1cc(N2CCC(n3c(=O)[nH]c4ncccc43)CC2)ncn1. The number of ether oxygens (including phenoxy) is 1. The molecule has 6 rings (SSSR count). The molecule has 35 heavy (non-hydrogen) atoms. The molecule has 12 nitrogen and oxygen atoms in total. The summed E-state index contributed by atoms with van der Waals surface area (Å²) in [7, 11) is 0. The second-order valence-corrected chi connectivity index (χ2v) is 8.26. The molecule has 0 unspecified atom stereocenters. The van der Waals surface area contributed by atoms with Crippen LogP contribution in [0.1, 0.15) is 18.9 Å². The summed E-state index contributed by atoms with van der Waals surface area (Å²) in [6.45, 7) is 1.38. The van der Waals surface area contributed by atoms with Gasteiger partial charge in [-0.05, 0) is 37.1 Å². The van der Waals surface area contributed by atoms with Gasteiger partial charge in [-0.2, -0.15) is 5.10 Å². The van der Waals surface area contributed by atoms with Crippen molar-refractivity contribution < 1.29 is 9.53 Å². The number of pyridine rings is 1. The minimum atomic E-state index is -0.658. The number of carbonyl (C=O) groups is 1. The van der Waals surface area contributed by atoms with Crippen LogP contribution in [0.4, 0.5) is 16.3 Å². The molecule has 0 saturated carbocycles. The van der Waals surface area contributed by atoms with Gasteiger partial charge in [-0.25, -0.2) is 24.5 Å². The molecular formula is C23H21N9O3. The number of nitrogens with one attached hydrogen (secondary N) is 3. The average Bonchev–Trinajstić information content (AvgIpc) is 3.48. The van der Waals surface area contributed by atoms with Gasteiger partial charge in [-0.3, -0.25) is 20.0 Å². The topological polar surface area (TPSA) is 147 Å². The van der Waals surface area contributed by atoms with Gasteiger partial charge < -0.3 is 9.64 Å². The number of anilines is 2. The fourth-order valence-corrected chi connectivity index (χ4v) is 4.54. The fourth-order valence-electron chi connectivity index (χ4n) is 4.54. The number of H-pyrrole nitrogens is 2. The standard InChI is InChI=1S/C23H21N9O3/c33-22-29-21-18(5-2-8-24-21)32(22)14-6-9-31(10-7-14)19-11-20(26-13-25-19)35-23(34)28-16-3-1-4-17-15(16)12-27-30-17/h1-5,8,11-14H,6-7,9-10H2,(H,27,30)(H,28,34)(H,24,29,33). The van der Waals surface area contributed by atoms with E-state index in [2.05, 4.69) is 40.3 Å². The maximum absolute atomic E-state index is 12.5. The number of benzene rings is 1. The molecule has 1 amide bonds. The predicted octanol–water partition coefficient (Wildman–Crippen LogP) is 2.84. The maximum atomic E-state index is 12.5. The Bertz CT molecular complexity index is 1580. The number of piperidine rings is 1. The van der Waals surface area contributed by atoms with Gasteiger partial charge in [0.2, 0.25) is 5.88 Å². The van der Waals surface area contributed by atoms with E-state index in [0.717, 1.165) is 29.3 Å². The molecule has 176 valence electrons. The lowest BCUT2D eigenvalue weighted by Gasteiger charge is -2.33. The molecule has 5 heterocycles. The number of hydrogen-bond acceptors (Lipinski definition) is 8. The minimum absolute atomic E-state index is 0.0608. The van der Waals surface area contributed by atoms with Crippen LogP contribution in [0.2, 0.25) is 0 Å². The third-order valence-corrected chi connectivity index (χ3v) is 6.19. The van der Waals surface area contributed by atoms with Crippen LogP contribution in [0.15, 0.2) is 59.9 Å². The van der Waals surface area contributed by atoms with E-state index in [1.54, 1.807) is 29.1 Å². The van der Waals surface area contributed by atoms with E-state index in [1.165, 1.54) is 6.33 Å². The van der Waals surface area contributed by atoms with Crippen molar-refractivity contribution in [3.63, 3.8) is 0 Å². The summed E-state index contributed by atoms with van der Waals surface area (Å²) in [6, 6.07) is 10.9. The van der Waals surface area contributed by atoms with Gasteiger partial charge in [0.1, 0.15) is 12.1 Å². The van der Waals surface area contributed by atoms with Crippen molar-refractivity contribution in [2.24, 2.45) is 0 Å². The molecule has 1 saturated heterocycles. The minimum Gasteiger partial charge on any atom is -0.391 e. The third kappa shape index (κ3) is 3.94. The second-order valence-electron chi connectivity index (χ2n) is 8.26. The van der Waals surface area contributed by atoms with Gasteiger partial charge in [0.05, 0.1) is 22.9 Å². The van der Waals surface area contributed by atoms with Gasteiger partial charge >= 0.3 is 11.8 Å². The Labute approximate surface area is 198 Å². The van der Waals surface area contributed by atoms with Crippen LogP contribution in [-0.4, -0.2) is 53.9 Å². The van der Waals surface area contributed by atoms with Gasteiger partial charge in [0.25, 0.3) is 0 Å². The number of carbonyl (C=O) groups excluding carboxylic acids is 1. The summed E-state index contributed by atoms with van der Waals surface area (Å²) in [5, 5.41) is 10.4. The van der Waals surface area contributed by atoms with Crippen LogP contribution in [0.3, 0.4) is 0 Å². The van der Waals surface area contributed by atoms with E-state index in [-0.39, 0.29) is 17.6 Å². The molecule has 1 aliphatic heterocycles.